The van der Waals surface area contributed by atoms with Gasteiger partial charge in [0.05, 0.1) is 14.2 Å². The smallest absolute Gasteiger partial charge is 0.336 e. The first-order valence-electron chi connectivity index (χ1n) is 9.74. The first-order valence-corrected chi connectivity index (χ1v) is 9.74. The van der Waals surface area contributed by atoms with Crippen LogP contribution in [0.2, 0.25) is 0 Å². The molecule has 0 bridgehead atoms. The number of methoxy groups -OCH3 is 2. The van der Waals surface area contributed by atoms with Gasteiger partial charge >= 0.3 is 5.63 Å². The molecule has 2 aromatic rings. The van der Waals surface area contributed by atoms with Crippen molar-refractivity contribution in [3.05, 3.63) is 34.2 Å². The van der Waals surface area contributed by atoms with Crippen molar-refractivity contribution in [3.63, 3.8) is 0 Å². The highest BCUT2D eigenvalue weighted by Crippen LogP contribution is 2.33. The molecule has 0 unspecified atom stereocenters. The van der Waals surface area contributed by atoms with Gasteiger partial charge in [0.15, 0.2) is 11.5 Å². The van der Waals surface area contributed by atoms with Crippen LogP contribution in [0.5, 0.6) is 11.5 Å². The van der Waals surface area contributed by atoms with Gasteiger partial charge in [0.2, 0.25) is 0 Å². The molecule has 0 saturated carbocycles. The van der Waals surface area contributed by atoms with Crippen molar-refractivity contribution < 1.29 is 13.9 Å². The fourth-order valence-corrected chi connectivity index (χ4v) is 3.40. The molecule has 1 aliphatic rings. The second-order valence-corrected chi connectivity index (χ2v) is 6.82. The zero-order valence-electron chi connectivity index (χ0n) is 16.7. The second kappa shape index (κ2) is 10.4. The Morgan fingerprint density at radius 3 is 2.07 bits per heavy atom. The van der Waals surface area contributed by atoms with Gasteiger partial charge in [-0.05, 0) is 11.6 Å². The maximum absolute atomic E-state index is 12.1. The van der Waals surface area contributed by atoms with Crippen molar-refractivity contribution in [2.24, 2.45) is 0 Å². The van der Waals surface area contributed by atoms with E-state index in [1.807, 2.05) is 6.07 Å². The molecule has 1 fully saturated rings. The van der Waals surface area contributed by atoms with E-state index in [9.17, 15) is 4.79 Å². The van der Waals surface area contributed by atoms with Gasteiger partial charge in [-0.3, -0.25) is 4.90 Å². The lowest BCUT2D eigenvalue weighted by Crippen LogP contribution is -2.41. The van der Waals surface area contributed by atoms with Crippen molar-refractivity contribution >= 4 is 11.0 Å². The molecule has 1 aromatic heterocycles. The van der Waals surface area contributed by atoms with Crippen molar-refractivity contribution in [3.8, 4) is 11.5 Å². The molecular formula is C20H30N4O4. The van der Waals surface area contributed by atoms with Crippen LogP contribution in [0.4, 0.5) is 0 Å². The van der Waals surface area contributed by atoms with Crippen LogP contribution >= 0.6 is 0 Å². The van der Waals surface area contributed by atoms with Crippen LogP contribution in [0.25, 0.3) is 11.0 Å². The lowest BCUT2D eigenvalue weighted by Gasteiger charge is -2.24. The molecule has 28 heavy (non-hydrogen) atoms. The maximum atomic E-state index is 12.1. The average molecular weight is 390 g/mol. The van der Waals surface area contributed by atoms with E-state index in [1.165, 1.54) is 0 Å². The van der Waals surface area contributed by atoms with Gasteiger partial charge in [0.25, 0.3) is 0 Å². The molecule has 2 heterocycles. The molecule has 1 aliphatic heterocycles. The molecule has 3 N–H and O–H groups in total. The monoisotopic (exact) mass is 390 g/mol. The molecule has 0 spiro atoms. The summed E-state index contributed by atoms with van der Waals surface area (Å²) in [4.78, 5) is 14.5. The molecular weight excluding hydrogens is 360 g/mol. The van der Waals surface area contributed by atoms with E-state index in [1.54, 1.807) is 26.4 Å². The first kappa shape index (κ1) is 20.6. The van der Waals surface area contributed by atoms with Gasteiger partial charge in [-0.2, -0.15) is 0 Å². The summed E-state index contributed by atoms with van der Waals surface area (Å²) in [6.45, 7) is 8.09. The lowest BCUT2D eigenvalue weighted by atomic mass is 10.1. The average Bonchev–Trinajstić information content (AvgIpc) is 2.68. The largest absolute Gasteiger partial charge is 0.493 e. The van der Waals surface area contributed by atoms with E-state index < -0.39 is 0 Å². The fraction of sp³-hybridized carbons (Fsp3) is 0.550. The Hall–Kier alpha value is -2.13. The molecule has 8 nitrogen and oxygen atoms in total. The summed E-state index contributed by atoms with van der Waals surface area (Å²) >= 11 is 0. The molecule has 0 amide bonds. The Morgan fingerprint density at radius 2 is 1.46 bits per heavy atom. The predicted octanol–water partition coefficient (Wildman–Crippen LogP) is 0.395. The first-order chi connectivity index (χ1) is 13.7. The second-order valence-electron chi connectivity index (χ2n) is 6.82. The Labute approximate surface area is 165 Å². The molecule has 1 aromatic carbocycles. The Balaban J connectivity index is 1.84. The van der Waals surface area contributed by atoms with Gasteiger partial charge in [-0.1, -0.05) is 0 Å². The summed E-state index contributed by atoms with van der Waals surface area (Å²) in [6, 6.07) is 5.17. The summed E-state index contributed by atoms with van der Waals surface area (Å²) in [5, 5.41) is 11.2. The fourth-order valence-electron chi connectivity index (χ4n) is 3.40. The van der Waals surface area contributed by atoms with Crippen molar-refractivity contribution in [1.29, 1.82) is 0 Å². The summed E-state index contributed by atoms with van der Waals surface area (Å²) in [5.41, 5.74) is 1.09. The van der Waals surface area contributed by atoms with Crippen LogP contribution in [0.15, 0.2) is 27.4 Å². The highest BCUT2D eigenvalue weighted by molar-refractivity contribution is 5.84. The summed E-state index contributed by atoms with van der Waals surface area (Å²) in [7, 11) is 3.17. The van der Waals surface area contributed by atoms with Gasteiger partial charge in [0, 0.05) is 76.4 Å². The predicted molar refractivity (Wildman–Crippen MR) is 109 cm³/mol. The number of nitrogens with zero attached hydrogens (tertiary/aromatic N) is 1. The number of hydrogen-bond donors (Lipinski definition) is 3. The van der Waals surface area contributed by atoms with E-state index in [0.29, 0.717) is 23.6 Å². The summed E-state index contributed by atoms with van der Waals surface area (Å²) in [5.74, 6) is 1.17. The number of hydrogen-bond acceptors (Lipinski definition) is 8. The molecule has 0 atom stereocenters. The van der Waals surface area contributed by atoms with E-state index in [4.69, 9.17) is 13.9 Å². The summed E-state index contributed by atoms with van der Waals surface area (Å²) < 4.78 is 16.2. The number of fused-ring (bicyclic) bond motifs is 1. The Kier molecular flexibility index (Phi) is 7.67. The molecule has 154 valence electrons. The number of ether oxygens (including phenoxy) is 2. The molecule has 3 rings (SSSR count). The molecule has 8 heteroatoms. The molecule has 0 aliphatic carbocycles. The van der Waals surface area contributed by atoms with Crippen LogP contribution in [0.3, 0.4) is 0 Å². The van der Waals surface area contributed by atoms with Crippen LogP contribution in [0, 0.1) is 0 Å². The highest BCUT2D eigenvalue weighted by atomic mass is 16.5. The number of nitrogens with one attached hydrogen (secondary N) is 3. The third-order valence-electron chi connectivity index (χ3n) is 4.90. The van der Waals surface area contributed by atoms with Gasteiger partial charge < -0.3 is 29.8 Å². The summed E-state index contributed by atoms with van der Waals surface area (Å²) in [6.07, 6.45) is 0. The number of benzene rings is 1. The normalized spacial score (nSPS) is 17.6. The van der Waals surface area contributed by atoms with Crippen molar-refractivity contribution in [1.82, 2.24) is 20.9 Å². The SMILES string of the molecule is COc1cc2oc(=O)cc(CN3CCNCCNCCNCC3)c2cc1OC. The van der Waals surface area contributed by atoms with Gasteiger partial charge in [-0.25, -0.2) is 4.79 Å². The van der Waals surface area contributed by atoms with Crippen LogP contribution in [-0.2, 0) is 6.54 Å². The quantitative estimate of drug-likeness (QED) is 0.647. The third-order valence-corrected chi connectivity index (χ3v) is 4.90. The van der Waals surface area contributed by atoms with Crippen LogP contribution in [0.1, 0.15) is 5.56 Å². The highest BCUT2D eigenvalue weighted by Gasteiger charge is 2.15. The van der Waals surface area contributed by atoms with Crippen molar-refractivity contribution in [2.75, 3.05) is 66.6 Å². The minimum atomic E-state index is -0.355. The van der Waals surface area contributed by atoms with Crippen molar-refractivity contribution in [2.45, 2.75) is 6.54 Å². The maximum Gasteiger partial charge on any atom is 0.336 e. The third kappa shape index (κ3) is 5.45. The topological polar surface area (TPSA) is 88.0 Å². The van der Waals surface area contributed by atoms with Crippen LogP contribution in [-0.4, -0.2) is 71.5 Å². The van der Waals surface area contributed by atoms with Crippen LogP contribution < -0.4 is 31.0 Å². The van der Waals surface area contributed by atoms with E-state index in [-0.39, 0.29) is 5.63 Å². The molecule has 0 radical (unpaired) electrons. The minimum Gasteiger partial charge on any atom is -0.493 e. The molecule has 1 saturated heterocycles. The Morgan fingerprint density at radius 1 is 0.893 bits per heavy atom. The van der Waals surface area contributed by atoms with E-state index in [2.05, 4.69) is 20.9 Å². The standard InChI is InChI=1S/C20H30N4O4/c1-26-18-12-16-15(11-20(25)28-17(16)13-19(18)27-2)14-24-9-7-22-5-3-21-4-6-23-8-10-24/h11-13,21-23H,3-10,14H2,1-2H3. The van der Waals surface area contributed by atoms with E-state index in [0.717, 1.165) is 63.3 Å². The number of rotatable bonds is 4. The minimum absolute atomic E-state index is 0.355. The van der Waals surface area contributed by atoms with Gasteiger partial charge in [-0.15, -0.1) is 0 Å². The van der Waals surface area contributed by atoms with E-state index >= 15 is 0 Å². The zero-order chi connectivity index (χ0) is 19.8. The van der Waals surface area contributed by atoms with Gasteiger partial charge in [0.1, 0.15) is 5.58 Å². The lowest BCUT2D eigenvalue weighted by molar-refractivity contribution is 0.263. The zero-order valence-corrected chi connectivity index (χ0v) is 16.7. The Bertz CT molecular complexity index is 812.